The highest BCUT2D eigenvalue weighted by atomic mass is 16.7. The van der Waals surface area contributed by atoms with E-state index in [1.54, 1.807) is 25.4 Å². The lowest BCUT2D eigenvalue weighted by atomic mass is 10.2. The summed E-state index contributed by atoms with van der Waals surface area (Å²) in [5.41, 5.74) is 0.779. The molecule has 0 fully saturated rings. The van der Waals surface area contributed by atoms with Crippen molar-refractivity contribution >= 4 is 18.4 Å². The average Bonchev–Trinajstić information content (AvgIpc) is 2.47. The predicted octanol–water partition coefficient (Wildman–Crippen LogP) is 2.77. The maximum atomic E-state index is 11.0. The highest BCUT2D eigenvalue weighted by Gasteiger charge is 2.13. The fourth-order valence-corrected chi connectivity index (χ4v) is 1.69. The second kappa shape index (κ2) is 8.76. The van der Waals surface area contributed by atoms with Gasteiger partial charge in [0.25, 0.3) is 0 Å². The van der Waals surface area contributed by atoms with E-state index in [1.165, 1.54) is 12.1 Å². The summed E-state index contributed by atoms with van der Waals surface area (Å²) in [5, 5.41) is 11.9. The molecule has 0 aliphatic rings. The van der Waals surface area contributed by atoms with Crippen LogP contribution in [0.25, 0.3) is 0 Å². The van der Waals surface area contributed by atoms with Gasteiger partial charge in [0.15, 0.2) is 0 Å². The van der Waals surface area contributed by atoms with Crippen molar-refractivity contribution in [1.82, 2.24) is 0 Å². The van der Waals surface area contributed by atoms with Gasteiger partial charge in [-0.3, -0.25) is 4.99 Å². The molecule has 0 saturated carbocycles. The van der Waals surface area contributed by atoms with Crippen LogP contribution in [-0.2, 0) is 4.74 Å². The molecule has 1 aromatic rings. The van der Waals surface area contributed by atoms with Crippen molar-refractivity contribution in [2.24, 2.45) is 4.99 Å². The first-order chi connectivity index (χ1) is 10.1. The van der Waals surface area contributed by atoms with Gasteiger partial charge >= 0.3 is 5.97 Å². The zero-order chi connectivity index (χ0) is 15.7. The van der Waals surface area contributed by atoms with Crippen LogP contribution in [0.5, 0.6) is 5.75 Å². The van der Waals surface area contributed by atoms with Crippen molar-refractivity contribution in [3.8, 4) is 5.75 Å². The van der Waals surface area contributed by atoms with Crippen LogP contribution in [0.4, 0.5) is 5.69 Å². The van der Waals surface area contributed by atoms with Gasteiger partial charge in [0.2, 0.25) is 6.29 Å². The minimum Gasteiger partial charge on any atom is -0.478 e. The van der Waals surface area contributed by atoms with Crippen molar-refractivity contribution in [1.29, 1.82) is 0 Å². The Hall–Kier alpha value is -2.34. The zero-order valence-electron chi connectivity index (χ0n) is 12.2. The van der Waals surface area contributed by atoms with E-state index in [4.69, 9.17) is 14.6 Å². The lowest BCUT2D eigenvalue weighted by Gasteiger charge is -2.19. The van der Waals surface area contributed by atoms with Crippen LogP contribution in [-0.4, -0.2) is 37.7 Å². The monoisotopic (exact) mass is 292 g/mol. The summed E-state index contributed by atoms with van der Waals surface area (Å²) in [7, 11) is 1.70. The molecule has 21 heavy (non-hydrogen) atoms. The second-order valence-corrected chi connectivity index (χ2v) is 4.07. The summed E-state index contributed by atoms with van der Waals surface area (Å²) in [6.45, 7) is 5.73. The summed E-state index contributed by atoms with van der Waals surface area (Å²) in [5.74, 6) is -0.458. The maximum Gasteiger partial charge on any atom is 0.335 e. The first-order valence-corrected chi connectivity index (χ1v) is 6.56. The molecule has 0 aliphatic heterocycles. The smallest absolute Gasteiger partial charge is 0.335 e. The Morgan fingerprint density at radius 1 is 1.57 bits per heavy atom. The summed E-state index contributed by atoms with van der Waals surface area (Å²) in [6.07, 6.45) is 3.40. The first kappa shape index (κ1) is 16.7. The van der Waals surface area contributed by atoms with Gasteiger partial charge in [0.05, 0.1) is 11.3 Å². The minimum absolute atomic E-state index is 0.190. The Morgan fingerprint density at radius 3 is 2.90 bits per heavy atom. The van der Waals surface area contributed by atoms with Crippen molar-refractivity contribution in [3.63, 3.8) is 0 Å². The number of rotatable bonds is 9. The minimum atomic E-state index is -0.987. The van der Waals surface area contributed by atoms with Gasteiger partial charge in [-0.2, -0.15) is 0 Å². The summed E-state index contributed by atoms with van der Waals surface area (Å²) in [6, 6.07) is 4.61. The van der Waals surface area contributed by atoms with Gasteiger partial charge in [-0.15, -0.1) is 0 Å². The van der Waals surface area contributed by atoms with E-state index >= 15 is 0 Å². The number of carbonyl (C=O) groups is 1. The van der Waals surface area contributed by atoms with Crippen molar-refractivity contribution in [2.75, 3.05) is 19.0 Å². The number of carboxylic acids is 1. The predicted molar refractivity (Wildman–Crippen MR) is 82.3 cm³/mol. The number of anilines is 1. The van der Waals surface area contributed by atoms with E-state index in [0.29, 0.717) is 24.5 Å². The van der Waals surface area contributed by atoms with E-state index in [9.17, 15) is 4.79 Å². The van der Waals surface area contributed by atoms with E-state index in [2.05, 4.69) is 17.0 Å². The van der Waals surface area contributed by atoms with Crippen molar-refractivity contribution in [3.05, 3.63) is 36.0 Å². The molecule has 114 valence electrons. The highest BCUT2D eigenvalue weighted by molar-refractivity contribution is 5.89. The van der Waals surface area contributed by atoms with Crippen LogP contribution < -0.4 is 10.1 Å². The van der Waals surface area contributed by atoms with E-state index in [1.807, 2.05) is 6.92 Å². The number of aliphatic imine (C=N–C) groups is 1. The van der Waals surface area contributed by atoms with Gasteiger partial charge in [0.1, 0.15) is 5.75 Å². The fourth-order valence-electron chi connectivity index (χ4n) is 1.69. The Bertz CT molecular complexity index is 514. The van der Waals surface area contributed by atoms with E-state index < -0.39 is 12.3 Å². The van der Waals surface area contributed by atoms with Gasteiger partial charge < -0.3 is 19.9 Å². The molecule has 1 rings (SSSR count). The molecule has 0 spiro atoms. The van der Waals surface area contributed by atoms with Gasteiger partial charge in [-0.1, -0.05) is 6.08 Å². The summed E-state index contributed by atoms with van der Waals surface area (Å²) < 4.78 is 11.3. The highest BCUT2D eigenvalue weighted by Crippen LogP contribution is 2.27. The Labute approximate surface area is 124 Å². The van der Waals surface area contributed by atoms with Gasteiger partial charge in [0, 0.05) is 26.3 Å². The standard InChI is InChI=1S/C15H20N2O4/c1-4-20-14(6-5-9-16-2)21-13-8-7-11(15(18)19)10-12(13)17-3/h5,7-10,14,17H,2,4,6H2,1,3H3,(H,18,19)/b9-5-. The number of ether oxygens (including phenoxy) is 2. The Kier molecular flexibility index (Phi) is 6.97. The van der Waals surface area contributed by atoms with Crippen LogP contribution >= 0.6 is 0 Å². The number of hydrogen-bond donors (Lipinski definition) is 2. The van der Waals surface area contributed by atoms with Crippen LogP contribution in [0.1, 0.15) is 23.7 Å². The third kappa shape index (κ3) is 5.27. The molecule has 0 amide bonds. The largest absolute Gasteiger partial charge is 0.478 e. The Balaban J connectivity index is 2.89. The maximum absolute atomic E-state index is 11.0. The molecule has 0 bridgehead atoms. The molecular formula is C15H20N2O4. The summed E-state index contributed by atoms with van der Waals surface area (Å²) >= 11 is 0. The quantitative estimate of drug-likeness (QED) is 0.540. The van der Waals surface area contributed by atoms with Crippen LogP contribution in [0.2, 0.25) is 0 Å². The number of benzene rings is 1. The molecule has 0 radical (unpaired) electrons. The molecule has 0 heterocycles. The molecule has 1 unspecified atom stereocenters. The van der Waals surface area contributed by atoms with Gasteiger partial charge in [-0.25, -0.2) is 4.79 Å². The lowest BCUT2D eigenvalue weighted by Crippen LogP contribution is -2.20. The third-order valence-electron chi connectivity index (χ3n) is 2.65. The molecular weight excluding hydrogens is 272 g/mol. The number of nitrogens with one attached hydrogen (secondary N) is 1. The van der Waals surface area contributed by atoms with Crippen LogP contribution in [0.15, 0.2) is 35.5 Å². The second-order valence-electron chi connectivity index (χ2n) is 4.07. The van der Waals surface area contributed by atoms with Gasteiger partial charge in [-0.05, 0) is 31.8 Å². The van der Waals surface area contributed by atoms with Crippen molar-refractivity contribution in [2.45, 2.75) is 19.6 Å². The lowest BCUT2D eigenvalue weighted by molar-refractivity contribution is -0.0719. The molecule has 2 N–H and O–H groups in total. The number of hydrogen-bond acceptors (Lipinski definition) is 5. The Morgan fingerprint density at radius 2 is 2.33 bits per heavy atom. The zero-order valence-corrected chi connectivity index (χ0v) is 12.2. The first-order valence-electron chi connectivity index (χ1n) is 6.56. The van der Waals surface area contributed by atoms with E-state index in [-0.39, 0.29) is 5.56 Å². The average molecular weight is 292 g/mol. The molecule has 0 aliphatic carbocycles. The number of aromatic carboxylic acids is 1. The fraction of sp³-hybridized carbons (Fsp3) is 0.333. The topological polar surface area (TPSA) is 80.2 Å². The SMILES string of the molecule is C=N/C=C\CC(OCC)Oc1ccc(C(=O)O)cc1NC. The summed E-state index contributed by atoms with van der Waals surface area (Å²) in [4.78, 5) is 14.6. The molecule has 1 aromatic carbocycles. The molecule has 1 atom stereocenters. The van der Waals surface area contributed by atoms with E-state index in [0.717, 1.165) is 0 Å². The number of nitrogens with zero attached hydrogens (tertiary/aromatic N) is 1. The third-order valence-corrected chi connectivity index (χ3v) is 2.65. The van der Waals surface area contributed by atoms with Crippen LogP contribution in [0.3, 0.4) is 0 Å². The van der Waals surface area contributed by atoms with Crippen LogP contribution in [0, 0.1) is 0 Å². The number of carboxylic acid groups (broad SMARTS) is 1. The normalized spacial score (nSPS) is 12.1. The molecule has 0 saturated heterocycles. The molecule has 6 heteroatoms. The molecule has 6 nitrogen and oxygen atoms in total. The van der Waals surface area contributed by atoms with Crippen molar-refractivity contribution < 1.29 is 19.4 Å². The molecule has 0 aromatic heterocycles.